The Balaban J connectivity index is 4.01. The van der Waals surface area contributed by atoms with Gasteiger partial charge in [-0.25, -0.2) is 13.6 Å². The second-order valence-electron chi connectivity index (χ2n) is 2.25. The fraction of sp³-hybridized carbons (Fsp3) is 0.667. The van der Waals surface area contributed by atoms with Gasteiger partial charge in [0.2, 0.25) is 6.43 Å². The quantitative estimate of drug-likeness (QED) is 0.394. The molecule has 0 unspecified atom stereocenters. The molecule has 76 valence electrons. The smallest absolute Gasteiger partial charge is 0.384 e. The number of halogens is 4. The van der Waals surface area contributed by atoms with Gasteiger partial charge in [0.05, 0.1) is 0 Å². The molecule has 13 heavy (non-hydrogen) atoms. The Morgan fingerprint density at radius 2 is 1.85 bits per heavy atom. The van der Waals surface area contributed by atoms with E-state index in [2.05, 4.69) is 4.74 Å². The van der Waals surface area contributed by atoms with E-state index in [1.54, 1.807) is 0 Å². The number of carbonyl (C=O) groups is 2. The van der Waals surface area contributed by atoms with Crippen LogP contribution in [0.15, 0.2) is 0 Å². The van der Waals surface area contributed by atoms with Crippen molar-refractivity contribution in [3.8, 4) is 0 Å². The van der Waals surface area contributed by atoms with Gasteiger partial charge in [-0.15, -0.1) is 0 Å². The van der Waals surface area contributed by atoms with E-state index in [1.165, 1.54) is 0 Å². The normalized spacial score (nSPS) is 11.5. The minimum atomic E-state index is -3.85. The number of esters is 2. The first-order chi connectivity index (χ1) is 5.73. The molecule has 0 N–H and O–H groups in total. The number of rotatable bonds is 3. The Labute approximate surface area is 70.7 Å². The molecule has 7 heteroatoms. The summed E-state index contributed by atoms with van der Waals surface area (Å²) in [7, 11) is 0. The lowest BCUT2D eigenvalue weighted by molar-refractivity contribution is -0.178. The van der Waals surface area contributed by atoms with Crippen LogP contribution in [0.4, 0.5) is 17.6 Å². The summed E-state index contributed by atoms with van der Waals surface area (Å²) >= 11 is 0. The van der Waals surface area contributed by atoms with E-state index >= 15 is 0 Å². The molecule has 0 amide bonds. The minimum absolute atomic E-state index is 0.199. The van der Waals surface area contributed by atoms with E-state index in [0.717, 1.165) is 0 Å². The molecule has 0 fully saturated rings. The molecule has 0 aromatic heterocycles. The minimum Gasteiger partial charge on any atom is -0.388 e. The average Bonchev–Trinajstić information content (AvgIpc) is 1.82. The van der Waals surface area contributed by atoms with E-state index in [1.807, 2.05) is 0 Å². The first-order valence-electron chi connectivity index (χ1n) is 3.14. The van der Waals surface area contributed by atoms with Crippen LogP contribution in [0.25, 0.3) is 0 Å². The number of hydrogen-bond donors (Lipinski definition) is 0. The van der Waals surface area contributed by atoms with E-state index in [0.29, 0.717) is 0 Å². The maximum absolute atomic E-state index is 12.0. The van der Waals surface area contributed by atoms with Gasteiger partial charge in [-0.05, 0) is 0 Å². The third-order valence-corrected chi connectivity index (χ3v) is 0.886. The van der Waals surface area contributed by atoms with Crippen molar-refractivity contribution >= 4 is 11.9 Å². The van der Waals surface area contributed by atoms with E-state index < -0.39 is 30.7 Å². The molecule has 0 saturated carbocycles. The lowest BCUT2D eigenvalue weighted by atomic mass is 10.4. The van der Waals surface area contributed by atoms with Crippen molar-refractivity contribution in [2.45, 2.75) is 25.7 Å². The Bertz CT molecular complexity index is 208. The lowest BCUT2D eigenvalue weighted by Crippen LogP contribution is -2.29. The summed E-state index contributed by atoms with van der Waals surface area (Å²) < 4.78 is 50.3. The van der Waals surface area contributed by atoms with Crippen LogP contribution in [0.1, 0.15) is 13.3 Å². The largest absolute Gasteiger partial charge is 0.388 e. The Kier molecular flexibility index (Phi) is 3.83. The van der Waals surface area contributed by atoms with Crippen molar-refractivity contribution in [2.75, 3.05) is 0 Å². The molecule has 0 saturated heterocycles. The molecule has 0 rings (SSSR count). The van der Waals surface area contributed by atoms with Gasteiger partial charge in [0.15, 0.2) is 0 Å². The molecule has 0 atom stereocenters. The molecule has 0 heterocycles. The molecule has 0 radical (unpaired) electrons. The molecular weight excluding hydrogens is 196 g/mol. The van der Waals surface area contributed by atoms with Gasteiger partial charge >= 0.3 is 17.9 Å². The maximum atomic E-state index is 12.0. The van der Waals surface area contributed by atoms with Crippen molar-refractivity contribution in [1.82, 2.24) is 0 Å². The average molecular weight is 202 g/mol. The van der Waals surface area contributed by atoms with Gasteiger partial charge in [-0.1, -0.05) is 0 Å². The Morgan fingerprint density at radius 3 is 2.15 bits per heavy atom. The summed E-state index contributed by atoms with van der Waals surface area (Å²) in [6.07, 6.45) is -4.40. The van der Waals surface area contributed by atoms with Crippen LogP contribution in [0, 0.1) is 0 Å². The SMILES string of the molecule is CC(F)(F)C(=O)OC(=O)CC(F)F. The van der Waals surface area contributed by atoms with Crippen LogP contribution in [0.2, 0.25) is 0 Å². The second-order valence-corrected chi connectivity index (χ2v) is 2.25. The maximum Gasteiger partial charge on any atom is 0.384 e. The highest BCUT2D eigenvalue weighted by molar-refractivity contribution is 5.89. The van der Waals surface area contributed by atoms with Crippen molar-refractivity contribution in [1.29, 1.82) is 0 Å². The monoisotopic (exact) mass is 202 g/mol. The number of carbonyl (C=O) groups excluding carboxylic acids is 2. The van der Waals surface area contributed by atoms with Crippen LogP contribution in [0.3, 0.4) is 0 Å². The van der Waals surface area contributed by atoms with Crippen molar-refractivity contribution in [3.63, 3.8) is 0 Å². The zero-order chi connectivity index (χ0) is 10.6. The fourth-order valence-corrected chi connectivity index (χ4v) is 0.361. The van der Waals surface area contributed by atoms with Crippen molar-refractivity contribution in [2.24, 2.45) is 0 Å². The third kappa shape index (κ3) is 5.15. The number of alkyl halides is 4. The first-order valence-corrected chi connectivity index (χ1v) is 3.14. The molecule has 3 nitrogen and oxygen atoms in total. The van der Waals surface area contributed by atoms with Gasteiger partial charge < -0.3 is 4.74 Å². The Hall–Kier alpha value is -1.14. The van der Waals surface area contributed by atoms with Gasteiger partial charge in [-0.3, -0.25) is 4.79 Å². The highest BCUT2D eigenvalue weighted by atomic mass is 19.3. The van der Waals surface area contributed by atoms with Crippen LogP contribution < -0.4 is 0 Å². The van der Waals surface area contributed by atoms with E-state index in [-0.39, 0.29) is 6.92 Å². The topological polar surface area (TPSA) is 43.4 Å². The van der Waals surface area contributed by atoms with Crippen LogP contribution in [-0.2, 0) is 14.3 Å². The number of ether oxygens (including phenoxy) is 1. The van der Waals surface area contributed by atoms with Crippen molar-refractivity contribution in [3.05, 3.63) is 0 Å². The summed E-state index contributed by atoms with van der Waals surface area (Å²) in [5.74, 6) is -7.64. The van der Waals surface area contributed by atoms with Gasteiger partial charge in [-0.2, -0.15) is 8.78 Å². The van der Waals surface area contributed by atoms with Gasteiger partial charge in [0, 0.05) is 6.92 Å². The molecule has 0 aliphatic rings. The molecular formula is C6H6F4O3. The highest BCUT2D eigenvalue weighted by Gasteiger charge is 2.36. The summed E-state index contributed by atoms with van der Waals surface area (Å²) in [5.41, 5.74) is 0. The molecule has 0 spiro atoms. The van der Waals surface area contributed by atoms with Crippen LogP contribution in [-0.4, -0.2) is 24.3 Å². The fourth-order valence-electron chi connectivity index (χ4n) is 0.361. The lowest BCUT2D eigenvalue weighted by Gasteiger charge is -2.07. The second kappa shape index (κ2) is 4.20. The predicted molar refractivity (Wildman–Crippen MR) is 32.3 cm³/mol. The third-order valence-electron chi connectivity index (χ3n) is 0.886. The Morgan fingerprint density at radius 1 is 1.38 bits per heavy atom. The summed E-state index contributed by atoms with van der Waals surface area (Å²) in [6.45, 7) is 0.199. The zero-order valence-electron chi connectivity index (χ0n) is 6.52. The number of hydrogen-bond acceptors (Lipinski definition) is 3. The standard InChI is InChI=1S/C6H6F4O3/c1-6(9,10)5(12)13-4(11)2-3(7)8/h3H,2H2,1H3. The van der Waals surface area contributed by atoms with Crippen LogP contribution in [0.5, 0.6) is 0 Å². The van der Waals surface area contributed by atoms with Gasteiger partial charge in [0.1, 0.15) is 6.42 Å². The van der Waals surface area contributed by atoms with E-state index in [4.69, 9.17) is 0 Å². The zero-order valence-corrected chi connectivity index (χ0v) is 6.52. The summed E-state index contributed by atoms with van der Waals surface area (Å²) in [5, 5.41) is 0. The molecule has 0 aliphatic carbocycles. The molecule has 0 aromatic rings. The molecule has 0 bridgehead atoms. The van der Waals surface area contributed by atoms with Crippen molar-refractivity contribution < 1.29 is 31.9 Å². The molecule has 0 aromatic carbocycles. The first kappa shape index (κ1) is 11.9. The summed E-state index contributed by atoms with van der Waals surface area (Å²) in [4.78, 5) is 20.5. The van der Waals surface area contributed by atoms with Gasteiger partial charge in [0.25, 0.3) is 0 Å². The highest BCUT2D eigenvalue weighted by Crippen LogP contribution is 2.14. The van der Waals surface area contributed by atoms with Crippen LogP contribution >= 0.6 is 0 Å². The predicted octanol–water partition coefficient (Wildman–Crippen LogP) is 1.37. The summed E-state index contributed by atoms with van der Waals surface area (Å²) in [6, 6.07) is 0. The van der Waals surface area contributed by atoms with E-state index in [9.17, 15) is 27.2 Å². The molecule has 0 aliphatic heterocycles.